The predicted molar refractivity (Wildman–Crippen MR) is 91.6 cm³/mol. The number of imide groups is 1. The van der Waals surface area contributed by atoms with E-state index in [0.29, 0.717) is 18.7 Å². The highest BCUT2D eigenvalue weighted by atomic mass is 32.2. The lowest BCUT2D eigenvalue weighted by Gasteiger charge is -2.20. The summed E-state index contributed by atoms with van der Waals surface area (Å²) in [6, 6.07) is 5.65. The van der Waals surface area contributed by atoms with Crippen molar-refractivity contribution in [3.63, 3.8) is 0 Å². The van der Waals surface area contributed by atoms with E-state index < -0.39 is 5.91 Å². The van der Waals surface area contributed by atoms with Gasteiger partial charge in [0.05, 0.1) is 4.91 Å². The van der Waals surface area contributed by atoms with Crippen molar-refractivity contribution in [1.29, 1.82) is 0 Å². The van der Waals surface area contributed by atoms with E-state index in [1.54, 1.807) is 11.0 Å². The maximum Gasteiger partial charge on any atom is 0.293 e. The molecule has 7 heteroatoms. The van der Waals surface area contributed by atoms with Gasteiger partial charge < -0.3 is 4.90 Å². The van der Waals surface area contributed by atoms with Gasteiger partial charge in [0.1, 0.15) is 5.82 Å². The van der Waals surface area contributed by atoms with E-state index in [4.69, 9.17) is 0 Å². The topological polar surface area (TPSA) is 57.7 Å². The number of nitrogens with zero attached hydrogens (tertiary/aromatic N) is 2. The Bertz CT molecular complexity index is 669. The van der Waals surface area contributed by atoms with Crippen LogP contribution in [0.3, 0.4) is 0 Å². The Balaban J connectivity index is 2.03. The molecule has 5 nitrogen and oxygen atoms in total. The molecule has 1 saturated heterocycles. The zero-order valence-electron chi connectivity index (χ0n) is 13.6. The number of amides is 3. The Hall–Kier alpha value is -2.15. The lowest BCUT2D eigenvalue weighted by Crippen LogP contribution is -2.36. The van der Waals surface area contributed by atoms with Gasteiger partial charge in [0, 0.05) is 26.1 Å². The van der Waals surface area contributed by atoms with Crippen LogP contribution in [0.5, 0.6) is 0 Å². The third-order valence-electron chi connectivity index (χ3n) is 3.71. The molecule has 0 aliphatic carbocycles. The summed E-state index contributed by atoms with van der Waals surface area (Å²) >= 11 is 0.832. The van der Waals surface area contributed by atoms with Crippen molar-refractivity contribution in [1.82, 2.24) is 9.80 Å². The fraction of sp³-hybridized carbons (Fsp3) is 0.353. The smallest absolute Gasteiger partial charge is 0.293 e. The normalized spacial score (nSPS) is 16.1. The van der Waals surface area contributed by atoms with Crippen LogP contribution < -0.4 is 0 Å². The van der Waals surface area contributed by atoms with Crippen molar-refractivity contribution in [2.45, 2.75) is 20.3 Å². The standard InChI is InChI=1S/C17H19FN2O3S/c1-3-19(4-2)15(21)9-10-20-16(22)14(24-17(20)23)11-12-5-7-13(18)8-6-12/h5-8,11H,3-4,9-10H2,1-2H3/b14-11-. The average Bonchev–Trinajstić information content (AvgIpc) is 2.82. The summed E-state index contributed by atoms with van der Waals surface area (Å²) in [7, 11) is 0. The lowest BCUT2D eigenvalue weighted by molar-refractivity contribution is -0.131. The highest BCUT2D eigenvalue weighted by molar-refractivity contribution is 8.18. The molecular weight excluding hydrogens is 331 g/mol. The maximum atomic E-state index is 12.9. The van der Waals surface area contributed by atoms with Gasteiger partial charge in [-0.1, -0.05) is 12.1 Å². The second kappa shape index (κ2) is 8.10. The van der Waals surface area contributed by atoms with Gasteiger partial charge in [-0.2, -0.15) is 0 Å². The monoisotopic (exact) mass is 350 g/mol. The van der Waals surface area contributed by atoms with Crippen LogP contribution >= 0.6 is 11.8 Å². The van der Waals surface area contributed by atoms with Gasteiger partial charge in [-0.3, -0.25) is 19.3 Å². The quantitative estimate of drug-likeness (QED) is 0.740. The summed E-state index contributed by atoms with van der Waals surface area (Å²) in [6.07, 6.45) is 1.67. The Morgan fingerprint density at radius 2 is 1.83 bits per heavy atom. The van der Waals surface area contributed by atoms with Crippen molar-refractivity contribution in [3.05, 3.63) is 40.6 Å². The molecule has 3 amide bonds. The van der Waals surface area contributed by atoms with Crippen molar-refractivity contribution < 1.29 is 18.8 Å². The van der Waals surface area contributed by atoms with Crippen LogP contribution in [0, 0.1) is 5.82 Å². The first kappa shape index (κ1) is 18.2. The van der Waals surface area contributed by atoms with Crippen LogP contribution in [0.25, 0.3) is 6.08 Å². The van der Waals surface area contributed by atoms with Crippen LogP contribution in [0.15, 0.2) is 29.2 Å². The van der Waals surface area contributed by atoms with E-state index >= 15 is 0 Å². The van der Waals surface area contributed by atoms with Crippen molar-refractivity contribution in [2.75, 3.05) is 19.6 Å². The number of halogens is 1. The second-order valence-electron chi connectivity index (χ2n) is 5.20. The van der Waals surface area contributed by atoms with Crippen LogP contribution in [0.2, 0.25) is 0 Å². The molecule has 0 unspecified atom stereocenters. The molecular formula is C17H19FN2O3S. The van der Waals surface area contributed by atoms with Gasteiger partial charge in [-0.15, -0.1) is 0 Å². The van der Waals surface area contributed by atoms with Gasteiger partial charge in [-0.05, 0) is 49.4 Å². The van der Waals surface area contributed by atoms with Gasteiger partial charge in [0.25, 0.3) is 11.1 Å². The van der Waals surface area contributed by atoms with Gasteiger partial charge >= 0.3 is 0 Å². The minimum absolute atomic E-state index is 0.0702. The summed E-state index contributed by atoms with van der Waals surface area (Å²) in [5.74, 6) is -0.863. The molecule has 1 aliphatic heterocycles. The fourth-order valence-electron chi connectivity index (χ4n) is 2.35. The molecule has 1 fully saturated rings. The summed E-state index contributed by atoms with van der Waals surface area (Å²) in [5, 5.41) is -0.388. The molecule has 2 rings (SSSR count). The Labute approximate surface area is 144 Å². The number of benzene rings is 1. The molecule has 0 bridgehead atoms. The van der Waals surface area contributed by atoms with Gasteiger partial charge in [-0.25, -0.2) is 4.39 Å². The summed E-state index contributed by atoms with van der Waals surface area (Å²) in [4.78, 5) is 39.4. The number of carbonyl (C=O) groups is 3. The number of hydrogen-bond donors (Lipinski definition) is 0. The Kier molecular flexibility index (Phi) is 6.14. The molecule has 0 aromatic heterocycles. The van der Waals surface area contributed by atoms with E-state index in [0.717, 1.165) is 16.7 Å². The third kappa shape index (κ3) is 4.23. The predicted octanol–water partition coefficient (Wildman–Crippen LogP) is 3.12. The van der Waals surface area contributed by atoms with Crippen molar-refractivity contribution in [3.8, 4) is 0 Å². The first-order valence-corrected chi connectivity index (χ1v) is 8.56. The first-order chi connectivity index (χ1) is 11.5. The highest BCUT2D eigenvalue weighted by Gasteiger charge is 2.35. The molecule has 1 aromatic carbocycles. The van der Waals surface area contributed by atoms with Crippen LogP contribution in [-0.2, 0) is 9.59 Å². The SMILES string of the molecule is CCN(CC)C(=O)CCN1C(=O)S/C(=C\c2ccc(F)cc2)C1=O. The summed E-state index contributed by atoms with van der Waals surface area (Å²) in [6.45, 7) is 5.03. The average molecular weight is 350 g/mol. The number of carbonyl (C=O) groups excluding carboxylic acids is 3. The molecule has 0 radical (unpaired) electrons. The van der Waals surface area contributed by atoms with Crippen molar-refractivity contribution >= 4 is 34.9 Å². The fourth-order valence-corrected chi connectivity index (χ4v) is 3.21. The Morgan fingerprint density at radius 1 is 1.21 bits per heavy atom. The molecule has 128 valence electrons. The summed E-state index contributed by atoms with van der Waals surface area (Å²) in [5.41, 5.74) is 0.640. The minimum atomic E-state index is -0.415. The minimum Gasteiger partial charge on any atom is -0.343 e. The number of hydrogen-bond acceptors (Lipinski definition) is 4. The summed E-state index contributed by atoms with van der Waals surface area (Å²) < 4.78 is 12.9. The molecule has 0 atom stereocenters. The van der Waals surface area contributed by atoms with Gasteiger partial charge in [0.2, 0.25) is 5.91 Å². The lowest BCUT2D eigenvalue weighted by atomic mass is 10.2. The Morgan fingerprint density at radius 3 is 2.42 bits per heavy atom. The zero-order valence-corrected chi connectivity index (χ0v) is 14.4. The first-order valence-electron chi connectivity index (χ1n) is 7.75. The van der Waals surface area contributed by atoms with E-state index in [9.17, 15) is 18.8 Å². The second-order valence-corrected chi connectivity index (χ2v) is 6.19. The molecule has 0 N–H and O–H groups in total. The third-order valence-corrected chi connectivity index (χ3v) is 4.61. The number of rotatable bonds is 6. The van der Waals surface area contributed by atoms with Crippen LogP contribution in [-0.4, -0.2) is 46.5 Å². The molecule has 1 aromatic rings. The molecule has 0 spiro atoms. The molecule has 1 heterocycles. The van der Waals surface area contributed by atoms with E-state index in [-0.39, 0.29) is 34.8 Å². The van der Waals surface area contributed by atoms with E-state index in [2.05, 4.69) is 0 Å². The number of thioether (sulfide) groups is 1. The maximum absolute atomic E-state index is 12.9. The molecule has 0 saturated carbocycles. The van der Waals surface area contributed by atoms with Crippen LogP contribution in [0.1, 0.15) is 25.8 Å². The highest BCUT2D eigenvalue weighted by Crippen LogP contribution is 2.32. The molecule has 1 aliphatic rings. The largest absolute Gasteiger partial charge is 0.343 e. The van der Waals surface area contributed by atoms with Gasteiger partial charge in [0.15, 0.2) is 0 Å². The molecule has 24 heavy (non-hydrogen) atoms. The van der Waals surface area contributed by atoms with E-state index in [1.807, 2.05) is 13.8 Å². The van der Waals surface area contributed by atoms with Crippen molar-refractivity contribution in [2.24, 2.45) is 0 Å². The van der Waals surface area contributed by atoms with Crippen LogP contribution in [0.4, 0.5) is 9.18 Å². The van der Waals surface area contributed by atoms with E-state index in [1.165, 1.54) is 24.3 Å². The zero-order chi connectivity index (χ0) is 17.7.